The molecule has 1 aliphatic heterocycles. The van der Waals surface area contributed by atoms with Crippen molar-refractivity contribution >= 4 is 23.4 Å². The molecule has 6 heteroatoms. The van der Waals surface area contributed by atoms with Gasteiger partial charge in [0.25, 0.3) is 0 Å². The van der Waals surface area contributed by atoms with Gasteiger partial charge in [0.1, 0.15) is 5.75 Å². The number of ether oxygens (including phenoxy) is 2. The third kappa shape index (κ3) is 4.54. The van der Waals surface area contributed by atoms with Gasteiger partial charge in [0.05, 0.1) is 25.1 Å². The number of benzene rings is 1. The summed E-state index contributed by atoms with van der Waals surface area (Å²) >= 11 is 1.45. The van der Waals surface area contributed by atoms with E-state index >= 15 is 0 Å². The van der Waals surface area contributed by atoms with Crippen LogP contribution in [0.4, 0.5) is 5.69 Å². The highest BCUT2D eigenvalue weighted by Gasteiger charge is 2.21. The summed E-state index contributed by atoms with van der Waals surface area (Å²) in [7, 11) is 0. The zero-order valence-electron chi connectivity index (χ0n) is 12.5. The summed E-state index contributed by atoms with van der Waals surface area (Å²) in [6, 6.07) is 5.54. The third-order valence-corrected chi connectivity index (χ3v) is 4.30. The molecule has 5 nitrogen and oxygen atoms in total. The van der Waals surface area contributed by atoms with Crippen LogP contribution < -0.4 is 10.5 Å². The van der Waals surface area contributed by atoms with E-state index in [0.29, 0.717) is 37.7 Å². The summed E-state index contributed by atoms with van der Waals surface area (Å²) in [4.78, 5) is 15.0. The highest BCUT2D eigenvalue weighted by molar-refractivity contribution is 8.00. The van der Waals surface area contributed by atoms with Crippen LogP contribution in [0.5, 0.6) is 5.75 Å². The fraction of sp³-hybridized carbons (Fsp3) is 0.533. The largest absolute Gasteiger partial charge is 0.494 e. The van der Waals surface area contributed by atoms with Gasteiger partial charge >= 0.3 is 0 Å². The molecule has 2 N–H and O–H groups in total. The Kier molecular flexibility index (Phi) is 5.76. The number of nitrogen functional groups attached to an aromatic ring is 1. The molecule has 0 bridgehead atoms. The van der Waals surface area contributed by atoms with Gasteiger partial charge in [-0.05, 0) is 32.0 Å². The summed E-state index contributed by atoms with van der Waals surface area (Å²) in [6.07, 6.45) is 0.110. The lowest BCUT2D eigenvalue weighted by molar-refractivity contribution is -0.135. The summed E-state index contributed by atoms with van der Waals surface area (Å²) in [5, 5.41) is 0. The fourth-order valence-corrected chi connectivity index (χ4v) is 3.07. The topological polar surface area (TPSA) is 64.8 Å². The molecule has 1 aromatic rings. The number of nitrogens with two attached hydrogens (primary N) is 1. The Labute approximate surface area is 129 Å². The number of thioether (sulfide) groups is 1. The number of hydrogen-bond acceptors (Lipinski definition) is 5. The first-order valence-corrected chi connectivity index (χ1v) is 8.13. The van der Waals surface area contributed by atoms with Gasteiger partial charge in [0.2, 0.25) is 5.91 Å². The lowest BCUT2D eigenvalue weighted by Crippen LogP contribution is -2.45. The predicted octanol–water partition coefficient (Wildman–Crippen LogP) is 2.01. The van der Waals surface area contributed by atoms with E-state index in [1.807, 2.05) is 36.9 Å². The molecule has 2 rings (SSSR count). The molecule has 0 aromatic heterocycles. The monoisotopic (exact) mass is 310 g/mol. The Morgan fingerprint density at radius 3 is 3.10 bits per heavy atom. The van der Waals surface area contributed by atoms with Gasteiger partial charge in [-0.3, -0.25) is 4.79 Å². The first kappa shape index (κ1) is 16.0. The van der Waals surface area contributed by atoms with Gasteiger partial charge in [-0.25, -0.2) is 0 Å². The van der Waals surface area contributed by atoms with Crippen molar-refractivity contribution in [2.75, 3.05) is 37.8 Å². The minimum absolute atomic E-state index is 0.110. The van der Waals surface area contributed by atoms with Gasteiger partial charge in [0, 0.05) is 23.7 Å². The molecule has 1 unspecified atom stereocenters. The van der Waals surface area contributed by atoms with Gasteiger partial charge in [-0.2, -0.15) is 0 Å². The molecular formula is C15H22N2O3S. The number of rotatable bonds is 5. The summed E-state index contributed by atoms with van der Waals surface area (Å²) < 4.78 is 10.9. The van der Waals surface area contributed by atoms with Crippen LogP contribution >= 0.6 is 11.8 Å². The second-order valence-electron chi connectivity index (χ2n) is 4.94. The maximum Gasteiger partial charge on any atom is 0.233 e. The normalized spacial score (nSPS) is 18.6. The number of carbonyl (C=O) groups is 1. The van der Waals surface area contributed by atoms with Crippen molar-refractivity contribution in [3.63, 3.8) is 0 Å². The Morgan fingerprint density at radius 1 is 1.57 bits per heavy atom. The molecule has 0 spiro atoms. The van der Waals surface area contributed by atoms with Crippen molar-refractivity contribution in [2.24, 2.45) is 0 Å². The smallest absolute Gasteiger partial charge is 0.233 e. The van der Waals surface area contributed by atoms with E-state index in [-0.39, 0.29) is 12.0 Å². The molecular weight excluding hydrogens is 288 g/mol. The fourth-order valence-electron chi connectivity index (χ4n) is 2.17. The number of nitrogens with zero attached hydrogens (tertiary/aromatic N) is 1. The second kappa shape index (κ2) is 7.56. The van der Waals surface area contributed by atoms with Crippen LogP contribution in [0.15, 0.2) is 23.1 Å². The predicted molar refractivity (Wildman–Crippen MR) is 84.7 cm³/mol. The number of hydrogen-bond donors (Lipinski definition) is 1. The van der Waals surface area contributed by atoms with E-state index in [9.17, 15) is 4.79 Å². The standard InChI is InChI=1S/C15H22N2O3S/c1-3-19-12-4-5-13(16)14(8-12)21-10-15(18)17-6-7-20-11(2)9-17/h4-5,8,11H,3,6-7,9-10,16H2,1-2H3. The average molecular weight is 310 g/mol. The number of amides is 1. The molecule has 21 heavy (non-hydrogen) atoms. The summed E-state index contributed by atoms with van der Waals surface area (Å²) in [6.45, 7) is 6.46. The van der Waals surface area contributed by atoms with Crippen molar-refractivity contribution in [3.8, 4) is 5.75 Å². The van der Waals surface area contributed by atoms with Crippen LogP contribution in [0, 0.1) is 0 Å². The van der Waals surface area contributed by atoms with Gasteiger partial charge in [-0.1, -0.05) is 0 Å². The van der Waals surface area contributed by atoms with Crippen LogP contribution in [-0.2, 0) is 9.53 Å². The van der Waals surface area contributed by atoms with E-state index < -0.39 is 0 Å². The molecule has 0 radical (unpaired) electrons. The van der Waals surface area contributed by atoms with Gasteiger partial charge in [-0.15, -0.1) is 11.8 Å². The second-order valence-corrected chi connectivity index (χ2v) is 5.96. The average Bonchev–Trinajstić information content (AvgIpc) is 2.47. The SMILES string of the molecule is CCOc1ccc(N)c(SCC(=O)N2CCOC(C)C2)c1. The first-order chi connectivity index (χ1) is 10.1. The first-order valence-electron chi connectivity index (χ1n) is 7.14. The lowest BCUT2D eigenvalue weighted by atomic mass is 10.3. The molecule has 1 aliphatic rings. The molecule has 1 aromatic carbocycles. The molecule has 1 atom stereocenters. The van der Waals surface area contributed by atoms with E-state index in [0.717, 1.165) is 10.6 Å². The van der Waals surface area contributed by atoms with Crippen molar-refractivity contribution in [1.29, 1.82) is 0 Å². The number of carbonyl (C=O) groups excluding carboxylic acids is 1. The number of anilines is 1. The minimum atomic E-state index is 0.110. The van der Waals surface area contributed by atoms with E-state index in [4.69, 9.17) is 15.2 Å². The Balaban J connectivity index is 1.92. The Morgan fingerprint density at radius 2 is 2.38 bits per heavy atom. The summed E-state index contributed by atoms with van der Waals surface area (Å²) in [5.74, 6) is 1.28. The molecule has 116 valence electrons. The van der Waals surface area contributed by atoms with Crippen LogP contribution in [0.2, 0.25) is 0 Å². The molecule has 1 fully saturated rings. The highest BCUT2D eigenvalue weighted by Crippen LogP contribution is 2.29. The van der Waals surface area contributed by atoms with Crippen molar-refractivity contribution in [3.05, 3.63) is 18.2 Å². The molecule has 0 saturated carbocycles. The van der Waals surface area contributed by atoms with Crippen molar-refractivity contribution in [1.82, 2.24) is 4.90 Å². The van der Waals surface area contributed by atoms with Gasteiger partial charge < -0.3 is 20.1 Å². The maximum absolute atomic E-state index is 12.2. The van der Waals surface area contributed by atoms with Crippen LogP contribution in [0.1, 0.15) is 13.8 Å². The highest BCUT2D eigenvalue weighted by atomic mass is 32.2. The van der Waals surface area contributed by atoms with Crippen molar-refractivity contribution < 1.29 is 14.3 Å². The maximum atomic E-state index is 12.2. The third-order valence-electron chi connectivity index (χ3n) is 3.24. The molecule has 1 saturated heterocycles. The van der Waals surface area contributed by atoms with Gasteiger partial charge in [0.15, 0.2) is 0 Å². The molecule has 1 heterocycles. The minimum Gasteiger partial charge on any atom is -0.494 e. The molecule has 0 aliphatic carbocycles. The summed E-state index contributed by atoms with van der Waals surface area (Å²) in [5.41, 5.74) is 6.62. The van der Waals surface area contributed by atoms with E-state index in [1.165, 1.54) is 11.8 Å². The van der Waals surface area contributed by atoms with Crippen LogP contribution in [-0.4, -0.2) is 49.0 Å². The van der Waals surface area contributed by atoms with Crippen LogP contribution in [0.25, 0.3) is 0 Å². The zero-order valence-corrected chi connectivity index (χ0v) is 13.3. The van der Waals surface area contributed by atoms with E-state index in [1.54, 1.807) is 0 Å². The Bertz CT molecular complexity index is 496. The van der Waals surface area contributed by atoms with E-state index in [2.05, 4.69) is 0 Å². The number of morpholine rings is 1. The van der Waals surface area contributed by atoms with Crippen LogP contribution in [0.3, 0.4) is 0 Å². The zero-order chi connectivity index (χ0) is 15.2. The lowest BCUT2D eigenvalue weighted by Gasteiger charge is -2.31. The quantitative estimate of drug-likeness (QED) is 0.666. The van der Waals surface area contributed by atoms with Crippen molar-refractivity contribution in [2.45, 2.75) is 24.8 Å². The molecule has 1 amide bonds. The Hall–Kier alpha value is -1.40.